The van der Waals surface area contributed by atoms with E-state index < -0.39 is 10.0 Å². The predicted octanol–water partition coefficient (Wildman–Crippen LogP) is 1.41. The fraction of sp³-hybridized carbons (Fsp3) is 0.462. The number of ether oxygens (including phenoxy) is 1. The summed E-state index contributed by atoms with van der Waals surface area (Å²) < 4.78 is 32.5. The lowest BCUT2D eigenvalue weighted by atomic mass is 10.1. The Labute approximate surface area is 112 Å². The fourth-order valence-electron chi connectivity index (χ4n) is 2.14. The van der Waals surface area contributed by atoms with E-state index in [1.807, 2.05) is 6.07 Å². The monoisotopic (exact) mass is 280 g/mol. The zero-order valence-corrected chi connectivity index (χ0v) is 11.5. The molecule has 1 aliphatic carbocycles. The van der Waals surface area contributed by atoms with Crippen LogP contribution in [0, 0.1) is 5.41 Å². The van der Waals surface area contributed by atoms with Gasteiger partial charge in [0.25, 0.3) is 10.0 Å². The van der Waals surface area contributed by atoms with Crippen LogP contribution in [-0.4, -0.2) is 20.9 Å². The van der Waals surface area contributed by atoms with Crippen molar-refractivity contribution in [2.75, 3.05) is 6.61 Å². The SMILES string of the molecule is CC1(COc2cccc3c2C(N)=NS(=O)(=O)C3)CC1. The third kappa shape index (κ3) is 2.45. The average Bonchev–Trinajstić information content (AvgIpc) is 3.03. The molecule has 1 aromatic rings. The Balaban J connectivity index is 1.95. The van der Waals surface area contributed by atoms with Crippen LogP contribution in [0.3, 0.4) is 0 Å². The number of nitrogens with zero attached hydrogens (tertiary/aromatic N) is 1. The van der Waals surface area contributed by atoms with Crippen molar-refractivity contribution in [1.82, 2.24) is 0 Å². The highest BCUT2D eigenvalue weighted by Crippen LogP contribution is 2.45. The Morgan fingerprint density at radius 2 is 2.16 bits per heavy atom. The van der Waals surface area contributed by atoms with Crippen molar-refractivity contribution in [3.05, 3.63) is 29.3 Å². The van der Waals surface area contributed by atoms with Crippen LogP contribution >= 0.6 is 0 Å². The smallest absolute Gasteiger partial charge is 0.259 e. The molecule has 0 saturated heterocycles. The van der Waals surface area contributed by atoms with Crippen LogP contribution in [0.25, 0.3) is 0 Å². The van der Waals surface area contributed by atoms with Gasteiger partial charge in [-0.1, -0.05) is 19.1 Å². The van der Waals surface area contributed by atoms with E-state index in [1.54, 1.807) is 12.1 Å². The molecule has 0 spiro atoms. The first-order valence-corrected chi connectivity index (χ1v) is 7.83. The Kier molecular flexibility index (Phi) is 2.60. The van der Waals surface area contributed by atoms with Gasteiger partial charge in [-0.25, -0.2) is 8.42 Å². The van der Waals surface area contributed by atoms with Crippen LogP contribution in [0.1, 0.15) is 30.9 Å². The number of amidine groups is 1. The van der Waals surface area contributed by atoms with Crippen LogP contribution in [0.5, 0.6) is 5.75 Å². The van der Waals surface area contributed by atoms with E-state index in [0.717, 1.165) is 0 Å². The van der Waals surface area contributed by atoms with Gasteiger partial charge in [0.1, 0.15) is 11.6 Å². The van der Waals surface area contributed by atoms with Gasteiger partial charge in [-0.3, -0.25) is 0 Å². The molecule has 1 aromatic carbocycles. The topological polar surface area (TPSA) is 81.8 Å². The summed E-state index contributed by atoms with van der Waals surface area (Å²) in [5.41, 5.74) is 7.31. The van der Waals surface area contributed by atoms with Crippen LogP contribution in [0.4, 0.5) is 0 Å². The summed E-state index contributed by atoms with van der Waals surface area (Å²) in [6, 6.07) is 5.35. The van der Waals surface area contributed by atoms with Crippen molar-refractivity contribution in [2.45, 2.75) is 25.5 Å². The van der Waals surface area contributed by atoms with E-state index in [0.29, 0.717) is 23.5 Å². The number of sulfonamides is 1. The minimum atomic E-state index is -3.49. The molecular formula is C13H16N2O3S. The zero-order valence-electron chi connectivity index (χ0n) is 10.7. The lowest BCUT2D eigenvalue weighted by Crippen LogP contribution is -2.25. The van der Waals surface area contributed by atoms with Gasteiger partial charge < -0.3 is 10.5 Å². The molecule has 0 unspecified atom stereocenters. The first-order chi connectivity index (χ1) is 8.89. The van der Waals surface area contributed by atoms with Gasteiger partial charge >= 0.3 is 0 Å². The molecule has 0 amide bonds. The summed E-state index contributed by atoms with van der Waals surface area (Å²) >= 11 is 0. The number of fused-ring (bicyclic) bond motifs is 1. The summed E-state index contributed by atoms with van der Waals surface area (Å²) in [6.45, 7) is 2.80. The van der Waals surface area contributed by atoms with Gasteiger partial charge in [-0.05, 0) is 24.5 Å². The fourth-order valence-corrected chi connectivity index (χ4v) is 3.23. The maximum Gasteiger partial charge on any atom is 0.259 e. The second-order valence-electron chi connectivity index (χ2n) is 5.59. The summed E-state index contributed by atoms with van der Waals surface area (Å²) in [5.74, 6) is 0.539. The Morgan fingerprint density at radius 3 is 2.84 bits per heavy atom. The van der Waals surface area contributed by atoms with Gasteiger partial charge in [0.15, 0.2) is 0 Å². The molecule has 1 aliphatic heterocycles. The molecule has 1 saturated carbocycles. The van der Waals surface area contributed by atoms with E-state index in [9.17, 15) is 8.42 Å². The molecule has 2 aliphatic rings. The van der Waals surface area contributed by atoms with Gasteiger partial charge in [0.05, 0.1) is 17.9 Å². The first kappa shape index (κ1) is 12.5. The standard InChI is InChI=1S/C13H16N2O3S/c1-13(5-6-13)8-18-10-4-2-3-9-7-19(16,17)15-12(14)11(9)10/h2-4H,5-8H2,1H3,(H2,14,15). The lowest BCUT2D eigenvalue weighted by molar-refractivity contribution is 0.247. The highest BCUT2D eigenvalue weighted by Gasteiger charge is 2.38. The van der Waals surface area contributed by atoms with Crippen molar-refractivity contribution in [3.63, 3.8) is 0 Å². The zero-order chi connectivity index (χ0) is 13.7. The highest BCUT2D eigenvalue weighted by atomic mass is 32.2. The molecule has 0 bridgehead atoms. The minimum absolute atomic E-state index is 0.0257. The van der Waals surface area contributed by atoms with E-state index >= 15 is 0 Å². The molecule has 5 nitrogen and oxygen atoms in total. The third-order valence-corrected chi connectivity index (χ3v) is 4.77. The Bertz CT molecular complexity index is 660. The summed E-state index contributed by atoms with van der Waals surface area (Å²) in [4.78, 5) is 0. The quantitative estimate of drug-likeness (QED) is 0.907. The Morgan fingerprint density at radius 1 is 1.42 bits per heavy atom. The predicted molar refractivity (Wildman–Crippen MR) is 72.6 cm³/mol. The molecule has 3 rings (SSSR count). The molecule has 6 heteroatoms. The summed E-state index contributed by atoms with van der Waals surface area (Å²) in [7, 11) is -3.49. The van der Waals surface area contributed by atoms with Crippen molar-refractivity contribution in [3.8, 4) is 5.75 Å². The third-order valence-electron chi connectivity index (χ3n) is 3.62. The maximum absolute atomic E-state index is 11.6. The largest absolute Gasteiger partial charge is 0.492 e. The number of hydrogen-bond donors (Lipinski definition) is 1. The second-order valence-corrected chi connectivity index (χ2v) is 7.23. The molecule has 1 heterocycles. The van der Waals surface area contributed by atoms with Crippen molar-refractivity contribution in [2.24, 2.45) is 15.5 Å². The molecule has 2 N–H and O–H groups in total. The molecule has 19 heavy (non-hydrogen) atoms. The molecular weight excluding hydrogens is 264 g/mol. The van der Waals surface area contributed by atoms with Crippen molar-refractivity contribution in [1.29, 1.82) is 0 Å². The molecule has 0 radical (unpaired) electrons. The highest BCUT2D eigenvalue weighted by molar-refractivity contribution is 7.89. The number of nitrogens with two attached hydrogens (primary N) is 1. The number of hydrogen-bond acceptors (Lipinski definition) is 4. The molecule has 1 fully saturated rings. The van der Waals surface area contributed by atoms with E-state index in [2.05, 4.69) is 11.3 Å². The maximum atomic E-state index is 11.6. The van der Waals surface area contributed by atoms with Gasteiger partial charge in [0.2, 0.25) is 0 Å². The average molecular weight is 280 g/mol. The summed E-state index contributed by atoms with van der Waals surface area (Å²) in [5, 5.41) is 0. The van der Waals surface area contributed by atoms with Gasteiger partial charge in [-0.2, -0.15) is 0 Å². The van der Waals surface area contributed by atoms with Crippen LogP contribution in [-0.2, 0) is 15.8 Å². The van der Waals surface area contributed by atoms with E-state index in [-0.39, 0.29) is 17.0 Å². The van der Waals surface area contributed by atoms with Crippen LogP contribution < -0.4 is 10.5 Å². The van der Waals surface area contributed by atoms with E-state index in [4.69, 9.17) is 10.5 Å². The summed E-state index contributed by atoms with van der Waals surface area (Å²) in [6.07, 6.45) is 2.33. The first-order valence-electron chi connectivity index (χ1n) is 6.22. The van der Waals surface area contributed by atoms with Gasteiger partial charge in [0, 0.05) is 5.41 Å². The Hall–Kier alpha value is -1.56. The molecule has 102 valence electrons. The minimum Gasteiger partial charge on any atom is -0.492 e. The normalized spacial score (nSPS) is 22.3. The molecule has 0 atom stereocenters. The second kappa shape index (κ2) is 3.96. The van der Waals surface area contributed by atoms with Crippen molar-refractivity contribution >= 4 is 15.9 Å². The van der Waals surface area contributed by atoms with Crippen LogP contribution in [0.2, 0.25) is 0 Å². The van der Waals surface area contributed by atoms with E-state index in [1.165, 1.54) is 12.8 Å². The number of benzene rings is 1. The lowest BCUT2D eigenvalue weighted by Gasteiger charge is -2.19. The molecule has 0 aromatic heterocycles. The van der Waals surface area contributed by atoms with Crippen LogP contribution in [0.15, 0.2) is 22.6 Å². The number of rotatable bonds is 3. The van der Waals surface area contributed by atoms with Gasteiger partial charge in [-0.15, -0.1) is 4.40 Å². The van der Waals surface area contributed by atoms with Crippen molar-refractivity contribution < 1.29 is 13.2 Å².